The first-order chi connectivity index (χ1) is 11.1. The largest absolute Gasteiger partial charge is 0.481 e. The van der Waals surface area contributed by atoms with Crippen LogP contribution in [0.5, 0.6) is 0 Å². The van der Waals surface area contributed by atoms with E-state index >= 15 is 0 Å². The number of hydrogen-bond acceptors (Lipinski definition) is 2. The highest BCUT2D eigenvalue weighted by molar-refractivity contribution is 6.84. The van der Waals surface area contributed by atoms with Gasteiger partial charge in [-0.2, -0.15) is 0 Å². The van der Waals surface area contributed by atoms with E-state index in [0.29, 0.717) is 0 Å². The molecule has 0 aliphatic heterocycles. The molecule has 4 nitrogen and oxygen atoms in total. The van der Waals surface area contributed by atoms with E-state index in [0.717, 1.165) is 6.92 Å². The molecule has 0 radical (unpaired) electrons. The third kappa shape index (κ3) is 414. The van der Waals surface area contributed by atoms with Crippen LogP contribution in [0.25, 0.3) is 0 Å². The van der Waals surface area contributed by atoms with Crippen LogP contribution < -0.4 is 0 Å². The van der Waals surface area contributed by atoms with Crippen molar-refractivity contribution in [3.8, 4) is 0 Å². The zero-order valence-corrected chi connectivity index (χ0v) is 22.9. The summed E-state index contributed by atoms with van der Waals surface area (Å²) in [6.07, 6.45) is 1.47. The molecule has 0 bridgehead atoms. The zero-order chi connectivity index (χ0) is 23.3. The van der Waals surface area contributed by atoms with Crippen molar-refractivity contribution >= 4 is 151 Å². The molecule has 0 unspecified atom stereocenters. The summed E-state index contributed by atoms with van der Waals surface area (Å²) in [7, 11) is 3.45. The number of alkyl halides is 12. The van der Waals surface area contributed by atoms with Crippen molar-refractivity contribution in [2.75, 3.05) is 20.5 Å². The average Bonchev–Trinajstić information content (AvgIpc) is 2.25. The first-order valence-corrected chi connectivity index (χ1v) is 10.4. The molecule has 0 aliphatic carbocycles. The molecule has 0 saturated heterocycles. The first-order valence-electron chi connectivity index (χ1n) is 5.29. The van der Waals surface area contributed by atoms with E-state index in [1.54, 1.807) is 14.1 Å². The smallest absolute Gasteiger partial charge is 0.300 e. The van der Waals surface area contributed by atoms with Crippen molar-refractivity contribution in [3.63, 3.8) is 0 Å². The second-order valence-corrected chi connectivity index (χ2v) is 11.9. The Balaban J connectivity index is -0.0000000473. The number of halogens is 12. The highest BCUT2D eigenvalue weighted by Gasteiger charge is 2.11. The van der Waals surface area contributed by atoms with Gasteiger partial charge < -0.3 is 10.0 Å². The van der Waals surface area contributed by atoms with Crippen LogP contribution in [0.4, 0.5) is 0 Å². The number of aliphatic carboxylic acids is 1. The predicted octanol–water partition coefficient (Wildman–Crippen LogP) is 8.13. The SMILES string of the molecule is CC(=O)N(C)C.CC(=O)O.CCl.ClC(Cl)(Cl)Cl.ClC(Cl)(Cl)Cl.ClC(Cl)Cl. The Labute approximate surface area is 214 Å². The number of rotatable bonds is 0. The molecule has 0 aromatic carbocycles. The van der Waals surface area contributed by atoms with Crippen molar-refractivity contribution < 1.29 is 14.7 Å². The number of nitrogens with zero attached hydrogens (tertiary/aromatic N) is 1. The van der Waals surface area contributed by atoms with Crippen LogP contribution in [0.2, 0.25) is 0 Å². The van der Waals surface area contributed by atoms with E-state index in [-0.39, 0.29) is 5.91 Å². The molecule has 0 aromatic rings. The maximum atomic E-state index is 10.1. The zero-order valence-electron chi connectivity index (χ0n) is 13.8. The van der Waals surface area contributed by atoms with Gasteiger partial charge in [0.05, 0.1) is 0 Å². The standard InChI is InChI=1S/C4H9NO.C2H4O2.2CCl4.CHCl3.CH3Cl/c1-4(6)5(2)3;1-2(3)4;2*2-1(3,4)5;2-1(3)4;1-2/h1-3H3;1H3,(H,3,4);;;1H;1H3. The Morgan fingerprint density at radius 1 is 0.769 bits per heavy atom. The van der Waals surface area contributed by atoms with Gasteiger partial charge in [0, 0.05) is 34.3 Å². The van der Waals surface area contributed by atoms with Gasteiger partial charge in [0.15, 0.2) is 4.30 Å². The fraction of sp³-hybridized carbons (Fsp3) is 0.800. The van der Waals surface area contributed by atoms with Crippen LogP contribution in [-0.4, -0.2) is 53.2 Å². The molecule has 0 saturated carbocycles. The van der Waals surface area contributed by atoms with Crippen molar-refractivity contribution in [1.82, 2.24) is 4.90 Å². The topological polar surface area (TPSA) is 57.6 Å². The Bertz CT molecular complexity index is 274. The summed E-state index contributed by atoms with van der Waals surface area (Å²) in [5.41, 5.74) is 0. The average molecular weight is 625 g/mol. The van der Waals surface area contributed by atoms with Crippen molar-refractivity contribution in [3.05, 3.63) is 0 Å². The van der Waals surface area contributed by atoms with Gasteiger partial charge in [-0.25, -0.2) is 0 Å². The lowest BCUT2D eigenvalue weighted by molar-refractivity contribution is -0.134. The van der Waals surface area contributed by atoms with Gasteiger partial charge in [-0.05, 0) is 0 Å². The molecular weight excluding hydrogens is 608 g/mol. The van der Waals surface area contributed by atoms with Crippen LogP contribution in [0, 0.1) is 0 Å². The van der Waals surface area contributed by atoms with Crippen LogP contribution in [-0.2, 0) is 9.59 Å². The molecule has 0 heterocycles. The number of amides is 1. The summed E-state index contributed by atoms with van der Waals surface area (Å²) in [5, 5.41) is 7.42. The normalized spacial score (nSPS) is 9.00. The van der Waals surface area contributed by atoms with Gasteiger partial charge in [0.25, 0.3) is 12.5 Å². The number of hydrogen-bond donors (Lipinski definition) is 1. The molecule has 0 aliphatic rings. The molecule has 0 spiro atoms. The summed E-state index contributed by atoms with van der Waals surface area (Å²) in [6, 6.07) is 0. The maximum absolute atomic E-state index is 10.1. The van der Waals surface area contributed by atoms with Crippen molar-refractivity contribution in [1.29, 1.82) is 0 Å². The summed E-state index contributed by atoms with van der Waals surface area (Å²) < 4.78 is -3.97. The van der Waals surface area contributed by atoms with Crippen molar-refractivity contribution in [2.24, 2.45) is 0 Å². The van der Waals surface area contributed by atoms with E-state index in [1.165, 1.54) is 18.2 Å². The third-order valence-electron chi connectivity index (χ3n) is 0.630. The van der Waals surface area contributed by atoms with Gasteiger partial charge in [-0.3, -0.25) is 9.59 Å². The number of carboxylic acids is 1. The Kier molecular flexibility index (Phi) is 44.8. The highest BCUT2D eigenvalue weighted by atomic mass is 35.6. The molecule has 0 atom stereocenters. The predicted molar refractivity (Wildman–Crippen MR) is 123 cm³/mol. The Morgan fingerprint density at radius 2 is 0.808 bits per heavy atom. The molecule has 0 rings (SSSR count). The number of carbonyl (C=O) groups is 2. The minimum atomic E-state index is -1.61. The molecular formula is C10H17Cl12NO3. The lowest BCUT2D eigenvalue weighted by Gasteiger charge is -2.02. The van der Waals surface area contributed by atoms with Crippen LogP contribution in [0.1, 0.15) is 13.8 Å². The fourth-order valence-corrected chi connectivity index (χ4v) is 0. The first kappa shape index (κ1) is 42.5. The maximum Gasteiger partial charge on any atom is 0.300 e. The minimum Gasteiger partial charge on any atom is -0.481 e. The van der Waals surface area contributed by atoms with E-state index in [2.05, 4.69) is 11.6 Å². The number of carbonyl (C=O) groups excluding carboxylic acids is 1. The van der Waals surface area contributed by atoms with Crippen molar-refractivity contribution in [2.45, 2.75) is 24.6 Å². The van der Waals surface area contributed by atoms with Gasteiger partial charge in [0.2, 0.25) is 5.91 Å². The van der Waals surface area contributed by atoms with Gasteiger partial charge in [-0.1, -0.05) is 128 Å². The molecule has 26 heavy (non-hydrogen) atoms. The Morgan fingerprint density at radius 3 is 0.808 bits per heavy atom. The second kappa shape index (κ2) is 27.4. The van der Waals surface area contributed by atoms with E-state index in [9.17, 15) is 4.79 Å². The van der Waals surface area contributed by atoms with Crippen LogP contribution in [0.3, 0.4) is 0 Å². The molecule has 0 fully saturated rings. The van der Waals surface area contributed by atoms with Crippen LogP contribution in [0.15, 0.2) is 0 Å². The summed E-state index contributed by atoms with van der Waals surface area (Å²) >= 11 is 57.7. The van der Waals surface area contributed by atoms with Gasteiger partial charge in [-0.15, -0.1) is 11.6 Å². The van der Waals surface area contributed by atoms with Gasteiger partial charge in [0.1, 0.15) is 0 Å². The summed E-state index contributed by atoms with van der Waals surface area (Å²) in [5.74, 6) is -0.741. The number of carboxylic acid groups (broad SMARTS) is 1. The summed E-state index contributed by atoms with van der Waals surface area (Å²) in [6.45, 7) is 2.61. The third-order valence-corrected chi connectivity index (χ3v) is 0.630. The fourth-order valence-electron chi connectivity index (χ4n) is 0. The quantitative estimate of drug-likeness (QED) is 0.277. The molecule has 16 heteroatoms. The molecule has 164 valence electrons. The van der Waals surface area contributed by atoms with E-state index < -0.39 is 16.8 Å². The van der Waals surface area contributed by atoms with Crippen LogP contribution >= 0.6 is 139 Å². The van der Waals surface area contributed by atoms with E-state index in [1.807, 2.05) is 0 Å². The monoisotopic (exact) mass is 619 g/mol. The highest BCUT2D eigenvalue weighted by Crippen LogP contribution is 2.30. The molecule has 1 N–H and O–H groups in total. The molecule has 0 aromatic heterocycles. The van der Waals surface area contributed by atoms with E-state index in [4.69, 9.17) is 138 Å². The lowest BCUT2D eigenvalue weighted by Crippen LogP contribution is -2.17. The lowest BCUT2D eigenvalue weighted by atomic mass is 10.7. The second-order valence-electron chi connectivity index (χ2n) is 3.04. The van der Waals surface area contributed by atoms with Gasteiger partial charge >= 0.3 is 0 Å². The molecule has 1 amide bonds. The summed E-state index contributed by atoms with van der Waals surface area (Å²) in [4.78, 5) is 20.6. The minimum absolute atomic E-state index is 0.0926. The Hall–Kier alpha value is 2.42.